The van der Waals surface area contributed by atoms with Crippen molar-refractivity contribution in [2.45, 2.75) is 32.1 Å². The maximum atomic E-state index is 11.0. The van der Waals surface area contributed by atoms with Gasteiger partial charge in [0.1, 0.15) is 0 Å². The molecule has 13 heavy (non-hydrogen) atoms. The van der Waals surface area contributed by atoms with Gasteiger partial charge in [0.15, 0.2) is 0 Å². The lowest BCUT2D eigenvalue weighted by Crippen LogP contribution is -2.08. The Morgan fingerprint density at radius 2 is 2.31 bits per heavy atom. The van der Waals surface area contributed by atoms with Crippen molar-refractivity contribution in [3.63, 3.8) is 0 Å². The highest BCUT2D eigenvalue weighted by Gasteiger charge is 2.24. The van der Waals surface area contributed by atoms with Gasteiger partial charge in [-0.15, -0.1) is 0 Å². The summed E-state index contributed by atoms with van der Waals surface area (Å²) in [5.74, 6) is 1.42. The molecule has 1 saturated carbocycles. The van der Waals surface area contributed by atoms with Gasteiger partial charge in [0.25, 0.3) is 0 Å². The van der Waals surface area contributed by atoms with E-state index in [-0.39, 0.29) is 5.56 Å². The van der Waals surface area contributed by atoms with Crippen LogP contribution < -0.4 is 5.56 Å². The Labute approximate surface area is 78.0 Å². The minimum absolute atomic E-state index is 0.0140. The summed E-state index contributed by atoms with van der Waals surface area (Å²) in [6.45, 7) is 2.18. The zero-order valence-corrected chi connectivity index (χ0v) is 7.92. The van der Waals surface area contributed by atoms with Crippen molar-refractivity contribution in [3.05, 3.63) is 34.2 Å². The number of aromatic nitrogens is 1. The van der Waals surface area contributed by atoms with Gasteiger partial charge in [-0.1, -0.05) is 25.8 Å². The summed E-state index contributed by atoms with van der Waals surface area (Å²) >= 11 is 0. The van der Waals surface area contributed by atoms with Gasteiger partial charge in [-0.2, -0.15) is 0 Å². The lowest BCUT2D eigenvalue weighted by molar-refractivity contribution is 0.604. The van der Waals surface area contributed by atoms with Crippen molar-refractivity contribution in [2.24, 2.45) is 5.92 Å². The Bertz CT molecular complexity index is 338. The Hall–Kier alpha value is -1.05. The van der Waals surface area contributed by atoms with Crippen molar-refractivity contribution in [3.8, 4) is 0 Å². The molecule has 1 aliphatic carbocycles. The first-order valence-electron chi connectivity index (χ1n) is 4.95. The fourth-order valence-corrected chi connectivity index (χ4v) is 1.73. The summed E-state index contributed by atoms with van der Waals surface area (Å²) < 4.78 is 0. The zero-order valence-electron chi connectivity index (χ0n) is 7.92. The predicted octanol–water partition coefficient (Wildman–Crippen LogP) is 2.28. The third-order valence-corrected chi connectivity index (χ3v) is 2.71. The van der Waals surface area contributed by atoms with E-state index in [1.165, 1.54) is 19.3 Å². The molecule has 0 saturated heterocycles. The van der Waals surface area contributed by atoms with E-state index >= 15 is 0 Å². The molecule has 70 valence electrons. The molecule has 1 aromatic rings. The van der Waals surface area contributed by atoms with E-state index in [0.29, 0.717) is 5.92 Å². The standard InChI is InChI=1S/C11H15NO/c1-8(7-9-5-6-9)10-3-2-4-11(13)12-10/h2-4,8-9H,5-7H2,1H3,(H,12,13). The highest BCUT2D eigenvalue weighted by atomic mass is 16.1. The van der Waals surface area contributed by atoms with E-state index in [9.17, 15) is 4.79 Å². The number of hydrogen-bond acceptors (Lipinski definition) is 1. The number of pyridine rings is 1. The molecule has 1 unspecified atom stereocenters. The molecule has 0 aromatic carbocycles. The van der Waals surface area contributed by atoms with E-state index in [0.717, 1.165) is 11.6 Å². The smallest absolute Gasteiger partial charge is 0.248 e. The van der Waals surface area contributed by atoms with Crippen LogP contribution in [0.2, 0.25) is 0 Å². The summed E-state index contributed by atoms with van der Waals surface area (Å²) in [6, 6.07) is 5.40. The molecule has 2 nitrogen and oxygen atoms in total. The van der Waals surface area contributed by atoms with Crippen LogP contribution in [0, 0.1) is 5.92 Å². The number of hydrogen-bond donors (Lipinski definition) is 1. The summed E-state index contributed by atoms with van der Waals surface area (Å²) in [4.78, 5) is 13.9. The molecule has 1 heterocycles. The van der Waals surface area contributed by atoms with Gasteiger partial charge in [0.2, 0.25) is 5.56 Å². The Balaban J connectivity index is 2.09. The van der Waals surface area contributed by atoms with Crippen molar-refractivity contribution in [1.29, 1.82) is 0 Å². The van der Waals surface area contributed by atoms with Gasteiger partial charge in [0, 0.05) is 11.8 Å². The Kier molecular flexibility index (Phi) is 2.21. The van der Waals surface area contributed by atoms with Gasteiger partial charge in [-0.05, 0) is 24.3 Å². The average molecular weight is 177 g/mol. The third-order valence-electron chi connectivity index (χ3n) is 2.71. The largest absolute Gasteiger partial charge is 0.326 e. The molecule has 0 spiro atoms. The molecule has 1 fully saturated rings. The van der Waals surface area contributed by atoms with Gasteiger partial charge in [0.05, 0.1) is 0 Å². The van der Waals surface area contributed by atoms with E-state index in [4.69, 9.17) is 0 Å². The quantitative estimate of drug-likeness (QED) is 0.754. The van der Waals surface area contributed by atoms with Crippen molar-refractivity contribution >= 4 is 0 Å². The number of aromatic amines is 1. The lowest BCUT2D eigenvalue weighted by Gasteiger charge is -2.09. The minimum Gasteiger partial charge on any atom is -0.326 e. The molecule has 1 atom stereocenters. The van der Waals surface area contributed by atoms with Crippen LogP contribution in [0.5, 0.6) is 0 Å². The van der Waals surface area contributed by atoms with Crippen molar-refractivity contribution in [1.82, 2.24) is 4.98 Å². The highest BCUT2D eigenvalue weighted by Crippen LogP contribution is 2.37. The van der Waals surface area contributed by atoms with Crippen LogP contribution >= 0.6 is 0 Å². The molecule has 0 bridgehead atoms. The maximum absolute atomic E-state index is 11.0. The molecule has 1 aromatic heterocycles. The number of rotatable bonds is 3. The van der Waals surface area contributed by atoms with Gasteiger partial charge < -0.3 is 4.98 Å². The molecule has 1 aliphatic rings. The molecule has 1 N–H and O–H groups in total. The molecule has 0 aliphatic heterocycles. The fourth-order valence-electron chi connectivity index (χ4n) is 1.73. The molecule has 2 heteroatoms. The summed E-state index contributed by atoms with van der Waals surface area (Å²) in [5, 5.41) is 0. The van der Waals surface area contributed by atoms with Crippen LogP contribution in [0.15, 0.2) is 23.0 Å². The van der Waals surface area contributed by atoms with Crippen molar-refractivity contribution < 1.29 is 0 Å². The second-order valence-electron chi connectivity index (χ2n) is 4.05. The minimum atomic E-state index is 0.0140. The van der Waals surface area contributed by atoms with Gasteiger partial charge in [-0.25, -0.2) is 0 Å². The monoisotopic (exact) mass is 177 g/mol. The van der Waals surface area contributed by atoms with Gasteiger partial charge in [-0.3, -0.25) is 4.79 Å². The Morgan fingerprint density at radius 3 is 2.92 bits per heavy atom. The van der Waals surface area contributed by atoms with E-state index in [2.05, 4.69) is 11.9 Å². The Morgan fingerprint density at radius 1 is 1.54 bits per heavy atom. The first-order chi connectivity index (χ1) is 6.25. The summed E-state index contributed by atoms with van der Waals surface area (Å²) in [6.07, 6.45) is 3.97. The fraction of sp³-hybridized carbons (Fsp3) is 0.545. The lowest BCUT2D eigenvalue weighted by atomic mass is 10.0. The first kappa shape index (κ1) is 8.54. The highest BCUT2D eigenvalue weighted by molar-refractivity contribution is 5.09. The predicted molar refractivity (Wildman–Crippen MR) is 52.8 cm³/mol. The maximum Gasteiger partial charge on any atom is 0.248 e. The van der Waals surface area contributed by atoms with Crippen molar-refractivity contribution in [2.75, 3.05) is 0 Å². The second-order valence-corrected chi connectivity index (χ2v) is 4.05. The van der Waals surface area contributed by atoms with Crippen LogP contribution in [-0.2, 0) is 0 Å². The van der Waals surface area contributed by atoms with Crippen LogP contribution in [0.25, 0.3) is 0 Å². The van der Waals surface area contributed by atoms with E-state index in [1.54, 1.807) is 6.07 Å². The van der Waals surface area contributed by atoms with E-state index in [1.807, 2.05) is 12.1 Å². The normalized spacial score (nSPS) is 18.5. The molecular weight excluding hydrogens is 162 g/mol. The topological polar surface area (TPSA) is 32.9 Å². The zero-order chi connectivity index (χ0) is 9.26. The summed E-state index contributed by atoms with van der Waals surface area (Å²) in [7, 11) is 0. The van der Waals surface area contributed by atoms with E-state index < -0.39 is 0 Å². The number of H-pyrrole nitrogens is 1. The second kappa shape index (κ2) is 3.36. The van der Waals surface area contributed by atoms with Crippen LogP contribution in [0.1, 0.15) is 37.8 Å². The van der Waals surface area contributed by atoms with Gasteiger partial charge >= 0.3 is 0 Å². The first-order valence-corrected chi connectivity index (χ1v) is 4.95. The number of nitrogens with one attached hydrogen (secondary N) is 1. The van der Waals surface area contributed by atoms with Crippen LogP contribution in [-0.4, -0.2) is 4.98 Å². The SMILES string of the molecule is CC(CC1CC1)c1cccc(=O)[nH]1. The average Bonchev–Trinajstić information content (AvgIpc) is 2.88. The van der Waals surface area contributed by atoms with Crippen LogP contribution in [0.4, 0.5) is 0 Å². The molecule has 0 radical (unpaired) electrons. The third kappa shape index (κ3) is 2.20. The molecular formula is C11H15NO. The molecule has 2 rings (SSSR count). The summed E-state index contributed by atoms with van der Waals surface area (Å²) in [5.41, 5.74) is 1.10. The van der Waals surface area contributed by atoms with Crippen LogP contribution in [0.3, 0.4) is 0 Å². The molecule has 0 amide bonds.